The summed E-state index contributed by atoms with van der Waals surface area (Å²) in [6, 6.07) is 5.59. The van der Waals surface area contributed by atoms with Gasteiger partial charge in [-0.25, -0.2) is 13.1 Å². The molecule has 1 saturated carbocycles. The third-order valence-corrected chi connectivity index (χ3v) is 6.47. The molecule has 1 aliphatic rings. The van der Waals surface area contributed by atoms with Crippen LogP contribution in [0.3, 0.4) is 0 Å². The summed E-state index contributed by atoms with van der Waals surface area (Å²) in [6.45, 7) is 0. The number of hydrogen-bond donors (Lipinski definition) is 2. The van der Waals surface area contributed by atoms with Crippen LogP contribution in [0.15, 0.2) is 41.6 Å². The van der Waals surface area contributed by atoms with E-state index in [1.165, 1.54) is 24.5 Å². The van der Waals surface area contributed by atoms with Gasteiger partial charge in [-0.15, -0.1) is 0 Å². The summed E-state index contributed by atoms with van der Waals surface area (Å²) >= 11 is 12.2. The molecule has 1 amide bonds. The van der Waals surface area contributed by atoms with Gasteiger partial charge in [0.2, 0.25) is 10.0 Å². The van der Waals surface area contributed by atoms with Crippen molar-refractivity contribution in [2.45, 2.75) is 36.6 Å². The second-order valence-corrected chi connectivity index (χ2v) is 8.55. The number of carbonyl (C=O) groups is 1. The minimum atomic E-state index is -3.85. The van der Waals surface area contributed by atoms with E-state index in [0.717, 1.165) is 25.7 Å². The molecule has 0 bridgehead atoms. The predicted molar refractivity (Wildman–Crippen MR) is 101 cm³/mol. The van der Waals surface area contributed by atoms with Crippen LogP contribution >= 0.6 is 23.2 Å². The molecule has 0 radical (unpaired) electrons. The highest BCUT2D eigenvalue weighted by atomic mass is 35.5. The molecule has 1 aromatic carbocycles. The van der Waals surface area contributed by atoms with Crippen molar-refractivity contribution in [3.63, 3.8) is 0 Å². The average molecular weight is 414 g/mol. The molecule has 1 fully saturated rings. The fourth-order valence-electron chi connectivity index (χ4n) is 2.87. The number of aromatic nitrogens is 1. The standard InChI is InChI=1S/C17H17Cl2N3O3S/c18-14-10-15(19)16(26(24,25)22-12-3-1-2-4-12)9-13(14)17(23)21-11-5-7-20-8-6-11/h5-10,12,22H,1-4H2,(H,20,21,23). The number of halogens is 2. The molecule has 2 aromatic rings. The number of nitrogens with zero attached hydrogens (tertiary/aromatic N) is 1. The minimum Gasteiger partial charge on any atom is -0.322 e. The van der Waals surface area contributed by atoms with E-state index in [1.54, 1.807) is 12.1 Å². The Morgan fingerprint density at radius 2 is 1.73 bits per heavy atom. The van der Waals surface area contributed by atoms with Crippen molar-refractivity contribution in [3.8, 4) is 0 Å². The summed E-state index contributed by atoms with van der Waals surface area (Å²) in [5.41, 5.74) is 0.546. The van der Waals surface area contributed by atoms with Crippen molar-refractivity contribution in [1.82, 2.24) is 9.71 Å². The Kier molecular flexibility index (Phi) is 5.82. The number of anilines is 1. The topological polar surface area (TPSA) is 88.2 Å². The van der Waals surface area contributed by atoms with Crippen LogP contribution in [0.5, 0.6) is 0 Å². The Balaban J connectivity index is 1.90. The molecule has 0 atom stereocenters. The third kappa shape index (κ3) is 4.35. The van der Waals surface area contributed by atoms with Gasteiger partial charge >= 0.3 is 0 Å². The maximum Gasteiger partial charge on any atom is 0.257 e. The van der Waals surface area contributed by atoms with Crippen molar-refractivity contribution < 1.29 is 13.2 Å². The van der Waals surface area contributed by atoms with Crippen LogP contribution in [0, 0.1) is 0 Å². The minimum absolute atomic E-state index is 0.0269. The number of hydrogen-bond acceptors (Lipinski definition) is 4. The van der Waals surface area contributed by atoms with E-state index < -0.39 is 15.9 Å². The van der Waals surface area contributed by atoms with Crippen LogP contribution < -0.4 is 10.0 Å². The van der Waals surface area contributed by atoms with Crippen LogP contribution in [-0.2, 0) is 10.0 Å². The highest BCUT2D eigenvalue weighted by Crippen LogP contribution is 2.30. The Morgan fingerprint density at radius 1 is 1.08 bits per heavy atom. The number of rotatable bonds is 5. The highest BCUT2D eigenvalue weighted by Gasteiger charge is 2.27. The third-order valence-electron chi connectivity index (χ3n) is 4.17. The molecule has 1 aliphatic carbocycles. The molecule has 9 heteroatoms. The lowest BCUT2D eigenvalue weighted by Gasteiger charge is -2.15. The zero-order valence-corrected chi connectivity index (χ0v) is 16.0. The smallest absolute Gasteiger partial charge is 0.257 e. The second kappa shape index (κ2) is 7.92. The zero-order valence-electron chi connectivity index (χ0n) is 13.7. The van der Waals surface area contributed by atoms with Gasteiger partial charge in [0.15, 0.2) is 0 Å². The Morgan fingerprint density at radius 3 is 2.38 bits per heavy atom. The maximum absolute atomic E-state index is 12.7. The molecule has 26 heavy (non-hydrogen) atoms. The van der Waals surface area contributed by atoms with E-state index >= 15 is 0 Å². The molecule has 138 valence electrons. The molecule has 0 unspecified atom stereocenters. The molecule has 0 spiro atoms. The van der Waals surface area contributed by atoms with E-state index in [1.807, 2.05) is 0 Å². The fourth-order valence-corrected chi connectivity index (χ4v) is 5.03. The van der Waals surface area contributed by atoms with Gasteiger partial charge < -0.3 is 5.32 Å². The molecular formula is C17H17Cl2N3O3S. The van der Waals surface area contributed by atoms with Gasteiger partial charge in [-0.3, -0.25) is 9.78 Å². The first kappa shape index (κ1) is 19.1. The van der Waals surface area contributed by atoms with Crippen LogP contribution in [0.4, 0.5) is 5.69 Å². The SMILES string of the molecule is O=C(Nc1ccncc1)c1cc(S(=O)(=O)NC2CCCC2)c(Cl)cc1Cl. The lowest BCUT2D eigenvalue weighted by Crippen LogP contribution is -2.33. The Bertz CT molecular complexity index is 914. The van der Waals surface area contributed by atoms with Crippen molar-refractivity contribution in [2.75, 3.05) is 5.32 Å². The van der Waals surface area contributed by atoms with Crippen molar-refractivity contribution >= 4 is 44.8 Å². The Hall–Kier alpha value is -1.67. The van der Waals surface area contributed by atoms with Crippen LogP contribution in [0.2, 0.25) is 10.0 Å². The Labute approximate surface area is 162 Å². The van der Waals surface area contributed by atoms with Gasteiger partial charge in [-0.05, 0) is 37.1 Å². The fraction of sp³-hybridized carbons (Fsp3) is 0.294. The number of carbonyl (C=O) groups excluding carboxylic acids is 1. The van der Waals surface area contributed by atoms with Crippen LogP contribution in [0.25, 0.3) is 0 Å². The first-order valence-corrected chi connectivity index (χ1v) is 10.3. The number of pyridine rings is 1. The molecule has 0 saturated heterocycles. The molecule has 1 heterocycles. The van der Waals surface area contributed by atoms with E-state index in [-0.39, 0.29) is 26.5 Å². The maximum atomic E-state index is 12.7. The molecule has 1 aromatic heterocycles. The number of nitrogens with one attached hydrogen (secondary N) is 2. The number of sulfonamides is 1. The van der Waals surface area contributed by atoms with Crippen molar-refractivity contribution in [3.05, 3.63) is 52.3 Å². The van der Waals surface area contributed by atoms with Gasteiger partial charge in [0.1, 0.15) is 4.90 Å². The summed E-state index contributed by atoms with van der Waals surface area (Å²) < 4.78 is 28.0. The van der Waals surface area contributed by atoms with Crippen molar-refractivity contribution in [1.29, 1.82) is 0 Å². The lowest BCUT2D eigenvalue weighted by molar-refractivity contribution is 0.102. The molecule has 2 N–H and O–H groups in total. The molecule has 0 aliphatic heterocycles. The number of amides is 1. The zero-order chi connectivity index (χ0) is 18.7. The van der Waals surface area contributed by atoms with Gasteiger partial charge in [0, 0.05) is 24.1 Å². The van der Waals surface area contributed by atoms with E-state index in [0.29, 0.717) is 5.69 Å². The average Bonchev–Trinajstić information content (AvgIpc) is 3.07. The van der Waals surface area contributed by atoms with Gasteiger partial charge in [0.05, 0.1) is 15.6 Å². The van der Waals surface area contributed by atoms with Crippen molar-refractivity contribution in [2.24, 2.45) is 0 Å². The summed E-state index contributed by atoms with van der Waals surface area (Å²) in [4.78, 5) is 16.2. The quantitative estimate of drug-likeness (QED) is 0.778. The highest BCUT2D eigenvalue weighted by molar-refractivity contribution is 7.89. The summed E-state index contributed by atoms with van der Waals surface area (Å²) in [5.74, 6) is -0.532. The summed E-state index contributed by atoms with van der Waals surface area (Å²) in [5, 5.41) is 2.69. The van der Waals surface area contributed by atoms with Crippen LogP contribution in [-0.4, -0.2) is 25.4 Å². The molecule has 3 rings (SSSR count). The second-order valence-electron chi connectivity index (χ2n) is 6.06. The van der Waals surface area contributed by atoms with E-state index in [2.05, 4.69) is 15.0 Å². The monoisotopic (exact) mass is 413 g/mol. The largest absolute Gasteiger partial charge is 0.322 e. The molecule has 6 nitrogen and oxygen atoms in total. The lowest BCUT2D eigenvalue weighted by atomic mass is 10.2. The van der Waals surface area contributed by atoms with E-state index in [9.17, 15) is 13.2 Å². The predicted octanol–water partition coefficient (Wildman–Crippen LogP) is 3.86. The normalized spacial score (nSPS) is 15.2. The van der Waals surface area contributed by atoms with Gasteiger partial charge in [-0.1, -0.05) is 36.0 Å². The van der Waals surface area contributed by atoms with E-state index in [4.69, 9.17) is 23.2 Å². The van der Waals surface area contributed by atoms with Gasteiger partial charge in [0.25, 0.3) is 5.91 Å². The summed E-state index contributed by atoms with van der Waals surface area (Å²) in [7, 11) is -3.85. The van der Waals surface area contributed by atoms with Gasteiger partial charge in [-0.2, -0.15) is 0 Å². The summed E-state index contributed by atoms with van der Waals surface area (Å²) in [6.07, 6.45) is 6.61. The number of benzene rings is 1. The molecular weight excluding hydrogens is 397 g/mol. The first-order chi connectivity index (χ1) is 12.4. The van der Waals surface area contributed by atoms with Crippen LogP contribution in [0.1, 0.15) is 36.0 Å². The first-order valence-electron chi connectivity index (χ1n) is 8.09.